The van der Waals surface area contributed by atoms with Gasteiger partial charge in [0.25, 0.3) is 0 Å². The Hall–Kier alpha value is -1.26. The van der Waals surface area contributed by atoms with Gasteiger partial charge in [-0.2, -0.15) is 0 Å². The molecule has 1 saturated heterocycles. The van der Waals surface area contributed by atoms with Gasteiger partial charge in [-0.15, -0.1) is 0 Å². The van der Waals surface area contributed by atoms with E-state index in [9.17, 15) is 9.59 Å². The number of amides is 1. The molecule has 0 spiro atoms. The molecule has 1 aliphatic heterocycles. The van der Waals surface area contributed by atoms with Crippen LogP contribution < -0.4 is 0 Å². The maximum atomic E-state index is 11.6. The Morgan fingerprint density at radius 3 is 2.25 bits per heavy atom. The summed E-state index contributed by atoms with van der Waals surface area (Å²) in [7, 11) is 0. The van der Waals surface area contributed by atoms with E-state index in [4.69, 9.17) is 9.84 Å². The fourth-order valence-corrected chi connectivity index (χ4v) is 1.81. The van der Waals surface area contributed by atoms with E-state index in [0.29, 0.717) is 13.1 Å². The van der Waals surface area contributed by atoms with Gasteiger partial charge in [0.05, 0.1) is 6.42 Å². The van der Waals surface area contributed by atoms with Crippen molar-refractivity contribution in [1.82, 2.24) is 4.90 Å². The van der Waals surface area contributed by atoms with Gasteiger partial charge in [0.1, 0.15) is 5.60 Å². The van der Waals surface area contributed by atoms with Crippen LogP contribution in [-0.4, -0.2) is 40.8 Å². The summed E-state index contributed by atoms with van der Waals surface area (Å²) in [5, 5.41) is 8.69. The van der Waals surface area contributed by atoms with E-state index in [1.807, 2.05) is 6.92 Å². The van der Waals surface area contributed by atoms with E-state index in [1.54, 1.807) is 20.8 Å². The van der Waals surface area contributed by atoms with Crippen molar-refractivity contribution in [3.8, 4) is 0 Å². The summed E-state index contributed by atoms with van der Waals surface area (Å²) in [5.41, 5.74) is -0.807. The van der Waals surface area contributed by atoms with E-state index >= 15 is 0 Å². The number of rotatable bonds is 2. The molecule has 5 heteroatoms. The highest BCUT2D eigenvalue weighted by Gasteiger charge is 2.44. The molecule has 1 heterocycles. The van der Waals surface area contributed by atoms with Crippen molar-refractivity contribution in [2.75, 3.05) is 13.1 Å². The van der Waals surface area contributed by atoms with Crippen LogP contribution in [-0.2, 0) is 9.53 Å². The minimum Gasteiger partial charge on any atom is -0.481 e. The normalized spacial score (nSPS) is 18.9. The molecule has 0 aromatic rings. The fraction of sp³-hybridized carbons (Fsp3) is 0.818. The second-order valence-electron chi connectivity index (χ2n) is 5.72. The van der Waals surface area contributed by atoms with E-state index < -0.39 is 11.6 Å². The molecule has 92 valence electrons. The first-order valence-electron chi connectivity index (χ1n) is 5.31. The number of nitrogens with zero attached hydrogens (tertiary/aromatic N) is 1. The lowest BCUT2D eigenvalue weighted by molar-refractivity contribution is -0.142. The van der Waals surface area contributed by atoms with Crippen molar-refractivity contribution < 1.29 is 19.4 Å². The van der Waals surface area contributed by atoms with Crippen LogP contribution >= 0.6 is 0 Å². The lowest BCUT2D eigenvalue weighted by Crippen LogP contribution is -2.58. The number of likely N-dealkylation sites (tertiary alicyclic amines) is 1. The van der Waals surface area contributed by atoms with E-state index in [0.717, 1.165) is 0 Å². The summed E-state index contributed by atoms with van der Waals surface area (Å²) in [4.78, 5) is 23.7. The zero-order valence-electron chi connectivity index (χ0n) is 10.2. The van der Waals surface area contributed by atoms with Gasteiger partial charge < -0.3 is 14.7 Å². The van der Waals surface area contributed by atoms with Crippen LogP contribution in [0.4, 0.5) is 4.79 Å². The number of carbonyl (C=O) groups is 2. The fourth-order valence-electron chi connectivity index (χ4n) is 1.81. The summed E-state index contributed by atoms with van der Waals surface area (Å²) < 4.78 is 5.18. The quantitative estimate of drug-likeness (QED) is 0.782. The molecule has 0 aromatic carbocycles. The summed E-state index contributed by atoms with van der Waals surface area (Å²) >= 11 is 0. The molecule has 0 aliphatic carbocycles. The minimum absolute atomic E-state index is 0.0896. The molecule has 0 atom stereocenters. The molecule has 0 unspecified atom stereocenters. The maximum Gasteiger partial charge on any atom is 0.410 e. The summed E-state index contributed by atoms with van der Waals surface area (Å²) in [6, 6.07) is 0. The average Bonchev–Trinajstić information content (AvgIpc) is 1.94. The first-order valence-corrected chi connectivity index (χ1v) is 5.31. The van der Waals surface area contributed by atoms with Crippen LogP contribution in [0.3, 0.4) is 0 Å². The van der Waals surface area contributed by atoms with Crippen LogP contribution in [0.2, 0.25) is 0 Å². The van der Waals surface area contributed by atoms with E-state index in [1.165, 1.54) is 4.90 Å². The maximum absolute atomic E-state index is 11.6. The Morgan fingerprint density at radius 2 is 1.88 bits per heavy atom. The predicted molar refractivity (Wildman–Crippen MR) is 58.2 cm³/mol. The van der Waals surface area contributed by atoms with Crippen molar-refractivity contribution in [2.24, 2.45) is 5.41 Å². The number of hydrogen-bond donors (Lipinski definition) is 1. The molecule has 0 aromatic heterocycles. The van der Waals surface area contributed by atoms with Crippen molar-refractivity contribution in [3.63, 3.8) is 0 Å². The van der Waals surface area contributed by atoms with Gasteiger partial charge in [0.2, 0.25) is 0 Å². The van der Waals surface area contributed by atoms with Crippen molar-refractivity contribution in [2.45, 2.75) is 39.7 Å². The molecule has 16 heavy (non-hydrogen) atoms. The molecule has 1 aliphatic rings. The molecule has 0 bridgehead atoms. The van der Waals surface area contributed by atoms with Gasteiger partial charge >= 0.3 is 12.1 Å². The third-order valence-corrected chi connectivity index (χ3v) is 2.37. The average molecular weight is 229 g/mol. The van der Waals surface area contributed by atoms with Gasteiger partial charge in [-0.1, -0.05) is 6.92 Å². The largest absolute Gasteiger partial charge is 0.481 e. The topological polar surface area (TPSA) is 66.8 Å². The van der Waals surface area contributed by atoms with Gasteiger partial charge in [-0.3, -0.25) is 4.79 Å². The Labute approximate surface area is 95.4 Å². The summed E-state index contributed by atoms with van der Waals surface area (Å²) in [6.07, 6.45) is -0.276. The highest BCUT2D eigenvalue weighted by Crippen LogP contribution is 2.34. The molecule has 1 N–H and O–H groups in total. The monoisotopic (exact) mass is 229 g/mol. The van der Waals surface area contributed by atoms with Gasteiger partial charge in [-0.05, 0) is 20.8 Å². The Kier molecular flexibility index (Phi) is 3.17. The van der Waals surface area contributed by atoms with Crippen molar-refractivity contribution in [1.29, 1.82) is 0 Å². The SMILES string of the molecule is CC1(CC(=O)O)CN(C(=O)OC(C)(C)C)C1. The molecule has 1 rings (SSSR count). The number of carboxylic acid groups (broad SMARTS) is 1. The second-order valence-corrected chi connectivity index (χ2v) is 5.72. The number of hydrogen-bond acceptors (Lipinski definition) is 3. The summed E-state index contributed by atoms with van der Waals surface area (Å²) in [5.74, 6) is -0.827. The van der Waals surface area contributed by atoms with E-state index in [-0.39, 0.29) is 17.9 Å². The zero-order valence-corrected chi connectivity index (χ0v) is 10.2. The molecule has 0 radical (unpaired) electrons. The van der Waals surface area contributed by atoms with Crippen molar-refractivity contribution in [3.05, 3.63) is 0 Å². The van der Waals surface area contributed by atoms with Gasteiger partial charge in [-0.25, -0.2) is 4.79 Å². The third-order valence-electron chi connectivity index (χ3n) is 2.37. The first kappa shape index (κ1) is 12.8. The standard InChI is InChI=1S/C11H19NO4/c1-10(2,3)16-9(15)12-6-11(4,7-12)5-8(13)14/h5-7H2,1-4H3,(H,13,14). The van der Waals surface area contributed by atoms with Gasteiger partial charge in [0, 0.05) is 18.5 Å². The molecular weight excluding hydrogens is 210 g/mol. The van der Waals surface area contributed by atoms with E-state index in [2.05, 4.69) is 0 Å². The zero-order chi connectivity index (χ0) is 12.6. The molecule has 0 saturated carbocycles. The van der Waals surface area contributed by atoms with Gasteiger partial charge in [0.15, 0.2) is 0 Å². The Bertz CT molecular complexity index is 300. The minimum atomic E-state index is -0.827. The lowest BCUT2D eigenvalue weighted by atomic mass is 9.79. The molecular formula is C11H19NO4. The Balaban J connectivity index is 2.41. The second kappa shape index (κ2) is 3.96. The van der Waals surface area contributed by atoms with Crippen LogP contribution in [0.1, 0.15) is 34.1 Å². The highest BCUT2D eigenvalue weighted by molar-refractivity contribution is 5.71. The predicted octanol–water partition coefficient (Wildman–Crippen LogP) is 1.72. The lowest BCUT2D eigenvalue weighted by Gasteiger charge is -2.47. The number of aliphatic carboxylic acids is 1. The van der Waals surface area contributed by atoms with Crippen LogP contribution in [0.25, 0.3) is 0 Å². The van der Waals surface area contributed by atoms with Crippen molar-refractivity contribution >= 4 is 12.1 Å². The molecule has 5 nitrogen and oxygen atoms in total. The van der Waals surface area contributed by atoms with Crippen LogP contribution in [0.5, 0.6) is 0 Å². The van der Waals surface area contributed by atoms with Crippen LogP contribution in [0, 0.1) is 5.41 Å². The van der Waals surface area contributed by atoms with Crippen LogP contribution in [0.15, 0.2) is 0 Å². The smallest absolute Gasteiger partial charge is 0.410 e. The number of carboxylic acids is 1. The number of ether oxygens (including phenoxy) is 1. The Morgan fingerprint density at radius 1 is 1.38 bits per heavy atom. The molecule has 1 amide bonds. The third kappa shape index (κ3) is 3.40. The highest BCUT2D eigenvalue weighted by atomic mass is 16.6. The summed E-state index contributed by atoms with van der Waals surface area (Å²) in [6.45, 7) is 8.19. The molecule has 1 fully saturated rings. The first-order chi connectivity index (χ1) is 7.11. The number of carbonyl (C=O) groups excluding carboxylic acids is 1.